The Labute approximate surface area is 200 Å². The molecule has 1 fully saturated rings. The van der Waals surface area contributed by atoms with Gasteiger partial charge in [0.1, 0.15) is 30.6 Å². The maximum absolute atomic E-state index is 12.9. The van der Waals surface area contributed by atoms with Crippen molar-refractivity contribution in [3.05, 3.63) is 78.4 Å². The molecule has 4 rings (SSSR count). The Morgan fingerprint density at radius 3 is 2.63 bits per heavy atom. The van der Waals surface area contributed by atoms with E-state index in [9.17, 15) is 13.2 Å². The summed E-state index contributed by atoms with van der Waals surface area (Å²) in [5.74, 6) is 6.46. The van der Waals surface area contributed by atoms with Crippen LogP contribution in [0.25, 0.3) is 5.69 Å². The lowest BCUT2D eigenvalue weighted by molar-refractivity contribution is -0.118. The van der Waals surface area contributed by atoms with Gasteiger partial charge in [-0.15, -0.1) is 0 Å². The van der Waals surface area contributed by atoms with Crippen molar-refractivity contribution in [3.63, 3.8) is 0 Å². The average molecular weight is 480 g/mol. The fourth-order valence-corrected chi connectivity index (χ4v) is 2.98. The van der Waals surface area contributed by atoms with E-state index >= 15 is 0 Å². The van der Waals surface area contributed by atoms with Gasteiger partial charge < -0.3 is 16.4 Å². The molecule has 0 atom stereocenters. The summed E-state index contributed by atoms with van der Waals surface area (Å²) >= 11 is 0. The monoisotopic (exact) mass is 480 g/mol. The van der Waals surface area contributed by atoms with Crippen molar-refractivity contribution in [2.45, 2.75) is 25.6 Å². The number of nitrogens with one attached hydrogen (secondary N) is 2. The zero-order chi connectivity index (χ0) is 24.8. The second kappa shape index (κ2) is 10.3. The standard InChI is InChI=1S/C24H23F3N8/c1-16(30-12-18-5-9-20(10-6-18)35-15-29-14-32-35)33-23(31-13-24(25,26)27)22-21(28)11-8-19(34-22)7-4-17-2-3-17/h5-6,8-11,14-15,17,30H,1-3,12-13,28H2,(H,31,33). The Morgan fingerprint density at radius 2 is 1.97 bits per heavy atom. The van der Waals surface area contributed by atoms with E-state index < -0.39 is 12.7 Å². The summed E-state index contributed by atoms with van der Waals surface area (Å²) < 4.78 is 40.4. The number of nitrogen functional groups attached to an aromatic ring is 1. The fraction of sp³-hybridized carbons (Fsp3) is 0.250. The molecule has 0 aliphatic heterocycles. The quantitative estimate of drug-likeness (QED) is 0.273. The van der Waals surface area contributed by atoms with Crippen LogP contribution in [0.4, 0.5) is 18.9 Å². The van der Waals surface area contributed by atoms with Gasteiger partial charge in [0.05, 0.1) is 17.2 Å². The summed E-state index contributed by atoms with van der Waals surface area (Å²) in [6.45, 7) is 2.82. The van der Waals surface area contributed by atoms with E-state index in [4.69, 9.17) is 5.73 Å². The summed E-state index contributed by atoms with van der Waals surface area (Å²) in [4.78, 5) is 11.9. The molecule has 1 aliphatic carbocycles. The van der Waals surface area contributed by atoms with Crippen LogP contribution in [0.3, 0.4) is 0 Å². The topological polar surface area (TPSA) is 106 Å². The predicted molar refractivity (Wildman–Crippen MR) is 126 cm³/mol. The Balaban J connectivity index is 1.46. The van der Waals surface area contributed by atoms with Crippen molar-refractivity contribution in [1.29, 1.82) is 0 Å². The molecule has 0 spiro atoms. The van der Waals surface area contributed by atoms with E-state index in [1.54, 1.807) is 23.1 Å². The Hall–Kier alpha value is -4.33. The molecular formula is C24H23F3N8. The van der Waals surface area contributed by atoms with Crippen LogP contribution in [0.2, 0.25) is 0 Å². The third kappa shape index (κ3) is 7.07. The number of rotatable bonds is 7. The number of aliphatic imine (C=N–C) groups is 1. The minimum absolute atomic E-state index is 0.0805. The third-order valence-electron chi connectivity index (χ3n) is 4.94. The Bertz CT molecular complexity index is 1260. The van der Waals surface area contributed by atoms with Crippen LogP contribution in [0.15, 0.2) is 66.4 Å². The molecule has 4 N–H and O–H groups in total. The number of hydrogen-bond acceptors (Lipinski definition) is 6. The number of benzene rings is 1. The van der Waals surface area contributed by atoms with Gasteiger partial charge in [-0.1, -0.05) is 24.6 Å². The molecule has 3 aromatic rings. The molecule has 180 valence electrons. The lowest BCUT2D eigenvalue weighted by Crippen LogP contribution is -2.33. The number of nitrogens with zero attached hydrogens (tertiary/aromatic N) is 5. The first-order valence-corrected chi connectivity index (χ1v) is 10.8. The number of nitrogens with two attached hydrogens (primary N) is 1. The van der Waals surface area contributed by atoms with E-state index in [0.717, 1.165) is 24.1 Å². The summed E-state index contributed by atoms with van der Waals surface area (Å²) in [5, 5.41) is 9.89. The lowest BCUT2D eigenvalue weighted by Gasteiger charge is -2.16. The van der Waals surface area contributed by atoms with Gasteiger partial charge in [-0.05, 0) is 48.6 Å². The molecule has 0 unspecified atom stereocenters. The minimum atomic E-state index is -4.49. The van der Waals surface area contributed by atoms with Crippen LogP contribution in [0, 0.1) is 17.8 Å². The number of aromatic nitrogens is 4. The molecule has 2 aromatic heterocycles. The number of amidine groups is 1. The fourth-order valence-electron chi connectivity index (χ4n) is 2.98. The summed E-state index contributed by atoms with van der Waals surface area (Å²) in [5.41, 5.74) is 8.44. The third-order valence-corrected chi connectivity index (χ3v) is 4.94. The molecule has 11 heteroatoms. The molecule has 0 radical (unpaired) electrons. The SMILES string of the molecule is C=C(NCc1ccc(-n2cncn2)cc1)NC(=NCC(F)(F)F)c1nc(C#CC2CC2)ccc1N. The molecule has 35 heavy (non-hydrogen) atoms. The second-order valence-electron chi connectivity index (χ2n) is 7.92. The van der Waals surface area contributed by atoms with E-state index in [1.807, 2.05) is 24.3 Å². The van der Waals surface area contributed by atoms with Gasteiger partial charge in [-0.3, -0.25) is 4.99 Å². The van der Waals surface area contributed by atoms with Crippen LogP contribution >= 0.6 is 0 Å². The van der Waals surface area contributed by atoms with E-state index in [2.05, 4.69) is 49.1 Å². The highest BCUT2D eigenvalue weighted by atomic mass is 19.4. The smallest absolute Gasteiger partial charge is 0.397 e. The first kappa shape index (κ1) is 23.8. The molecule has 8 nitrogen and oxygen atoms in total. The van der Waals surface area contributed by atoms with Gasteiger partial charge in [-0.2, -0.15) is 18.3 Å². The molecule has 2 heterocycles. The van der Waals surface area contributed by atoms with Crippen LogP contribution in [-0.4, -0.2) is 38.3 Å². The minimum Gasteiger partial charge on any atom is -0.397 e. The van der Waals surface area contributed by atoms with Gasteiger partial charge in [0.15, 0.2) is 5.84 Å². The van der Waals surface area contributed by atoms with E-state index in [1.165, 1.54) is 6.33 Å². The normalized spacial score (nSPS) is 13.6. The van der Waals surface area contributed by atoms with Crippen LogP contribution < -0.4 is 16.4 Å². The van der Waals surface area contributed by atoms with Crippen molar-refractivity contribution in [1.82, 2.24) is 30.4 Å². The number of alkyl halides is 3. The molecule has 0 bridgehead atoms. The molecular weight excluding hydrogens is 457 g/mol. The van der Waals surface area contributed by atoms with Crippen LogP contribution in [0.5, 0.6) is 0 Å². The highest BCUT2D eigenvalue weighted by Crippen LogP contribution is 2.27. The zero-order valence-electron chi connectivity index (χ0n) is 18.7. The van der Waals surface area contributed by atoms with Crippen LogP contribution in [0.1, 0.15) is 29.8 Å². The molecule has 0 saturated heterocycles. The summed E-state index contributed by atoms with van der Waals surface area (Å²) in [6, 6.07) is 10.7. The number of halogens is 3. The van der Waals surface area contributed by atoms with Crippen molar-refractivity contribution < 1.29 is 13.2 Å². The van der Waals surface area contributed by atoms with Gasteiger partial charge in [-0.25, -0.2) is 14.6 Å². The first-order valence-electron chi connectivity index (χ1n) is 10.8. The summed E-state index contributed by atoms with van der Waals surface area (Å²) in [7, 11) is 0. The van der Waals surface area contributed by atoms with E-state index in [-0.39, 0.29) is 23.0 Å². The average Bonchev–Trinajstić information content (AvgIpc) is 3.50. The largest absolute Gasteiger partial charge is 0.408 e. The highest BCUT2D eigenvalue weighted by molar-refractivity contribution is 6.02. The first-order chi connectivity index (χ1) is 16.8. The molecule has 1 aromatic carbocycles. The number of anilines is 1. The molecule has 1 aliphatic rings. The maximum Gasteiger partial charge on any atom is 0.408 e. The van der Waals surface area contributed by atoms with Crippen molar-refractivity contribution in [2.75, 3.05) is 12.3 Å². The lowest BCUT2D eigenvalue weighted by atomic mass is 10.2. The Kier molecular flexibility index (Phi) is 7.01. The summed E-state index contributed by atoms with van der Waals surface area (Å²) in [6.07, 6.45) is 0.630. The van der Waals surface area contributed by atoms with Crippen molar-refractivity contribution >= 4 is 11.5 Å². The number of pyridine rings is 1. The van der Waals surface area contributed by atoms with Gasteiger partial charge in [0.2, 0.25) is 0 Å². The zero-order valence-corrected chi connectivity index (χ0v) is 18.7. The van der Waals surface area contributed by atoms with Crippen molar-refractivity contribution in [2.24, 2.45) is 10.9 Å². The van der Waals surface area contributed by atoms with Gasteiger partial charge in [0.25, 0.3) is 0 Å². The maximum atomic E-state index is 12.9. The molecule has 0 amide bonds. The molecule has 1 saturated carbocycles. The predicted octanol–water partition coefficient (Wildman–Crippen LogP) is 3.17. The van der Waals surface area contributed by atoms with Gasteiger partial charge in [0, 0.05) is 12.5 Å². The number of hydrogen-bond donors (Lipinski definition) is 3. The van der Waals surface area contributed by atoms with E-state index in [0.29, 0.717) is 18.2 Å². The van der Waals surface area contributed by atoms with Crippen molar-refractivity contribution in [3.8, 4) is 17.5 Å². The van der Waals surface area contributed by atoms with Gasteiger partial charge >= 0.3 is 6.18 Å². The Morgan fingerprint density at radius 1 is 1.20 bits per heavy atom. The highest BCUT2D eigenvalue weighted by Gasteiger charge is 2.27. The van der Waals surface area contributed by atoms with Crippen LogP contribution in [-0.2, 0) is 6.54 Å². The second-order valence-corrected chi connectivity index (χ2v) is 7.92.